The molecule has 2 rings (SSSR count). The minimum absolute atomic E-state index is 0.604. The highest BCUT2D eigenvalue weighted by Crippen LogP contribution is 2.26. The summed E-state index contributed by atoms with van der Waals surface area (Å²) in [5, 5.41) is 4.40. The molecule has 0 aliphatic carbocycles. The average Bonchev–Trinajstić information content (AvgIpc) is 2.64. The molecule has 0 saturated carbocycles. The lowest BCUT2D eigenvalue weighted by molar-refractivity contribution is 0.531. The van der Waals surface area contributed by atoms with Crippen LogP contribution in [0.25, 0.3) is 0 Å². The molecule has 0 atom stereocenters. The summed E-state index contributed by atoms with van der Waals surface area (Å²) >= 11 is 13.6. The Kier molecular flexibility index (Phi) is 4.26. The van der Waals surface area contributed by atoms with E-state index < -0.39 is 0 Å². The van der Waals surface area contributed by atoms with Crippen LogP contribution in [0.5, 0.6) is 0 Å². The Hall–Kier alpha value is -0.770. The van der Waals surface area contributed by atoms with E-state index in [1.54, 1.807) is 24.1 Å². The Bertz CT molecular complexity index is 493. The van der Waals surface area contributed by atoms with Crippen LogP contribution in [0.2, 0.25) is 10.0 Å². The van der Waals surface area contributed by atoms with E-state index >= 15 is 0 Å². The van der Waals surface area contributed by atoms with Gasteiger partial charge < -0.3 is 9.73 Å². The normalized spacial score (nSPS) is 10.5. The molecule has 0 saturated heterocycles. The second kappa shape index (κ2) is 5.71. The van der Waals surface area contributed by atoms with Gasteiger partial charge in [0.05, 0.1) is 11.4 Å². The third kappa shape index (κ3) is 3.60. The lowest BCUT2D eigenvalue weighted by atomic mass is 10.3. The highest BCUT2D eigenvalue weighted by molar-refractivity contribution is 7.97. The number of hydrogen-bond donors (Lipinski definition) is 1. The van der Waals surface area contributed by atoms with Crippen molar-refractivity contribution in [2.45, 2.75) is 5.75 Å². The zero-order chi connectivity index (χ0) is 12.3. The zero-order valence-corrected chi connectivity index (χ0v) is 11.5. The fourth-order valence-electron chi connectivity index (χ4n) is 1.46. The maximum absolute atomic E-state index is 5.92. The van der Waals surface area contributed by atoms with Gasteiger partial charge in [0.2, 0.25) is 0 Å². The van der Waals surface area contributed by atoms with Gasteiger partial charge in [-0.2, -0.15) is 11.8 Å². The van der Waals surface area contributed by atoms with Gasteiger partial charge in [-0.3, -0.25) is 0 Å². The molecule has 1 aromatic heterocycles. The van der Waals surface area contributed by atoms with Crippen LogP contribution in [0.3, 0.4) is 0 Å². The van der Waals surface area contributed by atoms with E-state index in [4.69, 9.17) is 27.6 Å². The van der Waals surface area contributed by atoms with Crippen molar-refractivity contribution < 1.29 is 4.42 Å². The molecule has 0 bridgehead atoms. The third-order valence-electron chi connectivity index (χ3n) is 2.09. The van der Waals surface area contributed by atoms with Crippen molar-refractivity contribution >= 4 is 46.3 Å². The molecule has 0 unspecified atom stereocenters. The van der Waals surface area contributed by atoms with Crippen molar-refractivity contribution in [2.75, 3.05) is 11.6 Å². The summed E-state index contributed by atoms with van der Waals surface area (Å²) in [6.45, 7) is 0. The molecule has 0 aliphatic rings. The van der Waals surface area contributed by atoms with Crippen LogP contribution in [0.4, 0.5) is 11.4 Å². The van der Waals surface area contributed by atoms with E-state index in [1.165, 1.54) is 0 Å². The molecule has 0 spiro atoms. The van der Waals surface area contributed by atoms with E-state index in [9.17, 15) is 0 Å². The largest absolute Gasteiger partial charge is 0.466 e. The Morgan fingerprint density at radius 2 is 1.82 bits per heavy atom. The number of halogens is 2. The molecule has 1 aromatic carbocycles. The second-order valence-corrected chi connectivity index (χ2v) is 5.26. The number of thioether (sulfide) groups is 1. The van der Waals surface area contributed by atoms with Crippen LogP contribution in [0, 0.1) is 0 Å². The minimum atomic E-state index is 0.604. The van der Waals surface area contributed by atoms with Crippen molar-refractivity contribution in [2.24, 2.45) is 0 Å². The Morgan fingerprint density at radius 3 is 2.47 bits per heavy atom. The van der Waals surface area contributed by atoms with E-state index in [-0.39, 0.29) is 0 Å². The molecule has 5 heteroatoms. The predicted octanol–water partition coefficient (Wildman–Crippen LogP) is 5.19. The van der Waals surface area contributed by atoms with Gasteiger partial charge in [-0.1, -0.05) is 23.2 Å². The SMILES string of the molecule is CSCc1cc(Nc2cc(Cl)cc(Cl)c2)co1. The monoisotopic (exact) mass is 287 g/mol. The van der Waals surface area contributed by atoms with E-state index in [1.807, 2.05) is 24.5 Å². The van der Waals surface area contributed by atoms with Gasteiger partial charge in [-0.25, -0.2) is 0 Å². The van der Waals surface area contributed by atoms with E-state index in [0.717, 1.165) is 22.9 Å². The van der Waals surface area contributed by atoms with Crippen LogP contribution in [-0.4, -0.2) is 6.26 Å². The molecule has 0 aliphatic heterocycles. The summed E-state index contributed by atoms with van der Waals surface area (Å²) in [5.41, 5.74) is 1.74. The summed E-state index contributed by atoms with van der Waals surface area (Å²) in [6, 6.07) is 7.29. The number of rotatable bonds is 4. The fraction of sp³-hybridized carbons (Fsp3) is 0.167. The van der Waals surface area contributed by atoms with Crippen molar-refractivity contribution in [3.8, 4) is 0 Å². The van der Waals surface area contributed by atoms with Crippen molar-refractivity contribution in [1.82, 2.24) is 0 Å². The van der Waals surface area contributed by atoms with Crippen LogP contribution in [0.15, 0.2) is 34.9 Å². The van der Waals surface area contributed by atoms with Crippen LogP contribution in [-0.2, 0) is 5.75 Å². The highest BCUT2D eigenvalue weighted by Gasteiger charge is 2.03. The first kappa shape index (κ1) is 12.7. The van der Waals surface area contributed by atoms with Gasteiger partial charge in [0.15, 0.2) is 0 Å². The van der Waals surface area contributed by atoms with Gasteiger partial charge >= 0.3 is 0 Å². The Labute approximate surface area is 114 Å². The van der Waals surface area contributed by atoms with E-state index in [2.05, 4.69) is 5.32 Å². The van der Waals surface area contributed by atoms with Crippen molar-refractivity contribution in [1.29, 1.82) is 0 Å². The molecule has 90 valence electrons. The number of furan rings is 1. The maximum Gasteiger partial charge on any atom is 0.115 e. The van der Waals surface area contributed by atoms with Crippen molar-refractivity contribution in [3.05, 3.63) is 46.3 Å². The van der Waals surface area contributed by atoms with Crippen LogP contribution >= 0.6 is 35.0 Å². The molecule has 2 aromatic rings. The summed E-state index contributed by atoms with van der Waals surface area (Å²) in [7, 11) is 0. The molecular weight excluding hydrogens is 277 g/mol. The first-order valence-corrected chi connectivity index (χ1v) is 7.12. The maximum atomic E-state index is 5.92. The van der Waals surface area contributed by atoms with Gasteiger partial charge in [-0.05, 0) is 24.5 Å². The smallest absolute Gasteiger partial charge is 0.115 e. The van der Waals surface area contributed by atoms with E-state index in [0.29, 0.717) is 10.0 Å². The molecule has 0 amide bonds. The Morgan fingerprint density at radius 1 is 1.12 bits per heavy atom. The summed E-state index contributed by atoms with van der Waals surface area (Å²) < 4.78 is 5.39. The lowest BCUT2D eigenvalue weighted by Gasteiger charge is -2.04. The second-order valence-electron chi connectivity index (χ2n) is 3.52. The van der Waals surface area contributed by atoms with Gasteiger partial charge in [0.1, 0.15) is 12.0 Å². The summed E-state index contributed by atoms with van der Waals surface area (Å²) in [4.78, 5) is 0. The van der Waals surface area contributed by atoms with Gasteiger partial charge in [-0.15, -0.1) is 0 Å². The molecule has 17 heavy (non-hydrogen) atoms. The summed E-state index contributed by atoms with van der Waals surface area (Å²) in [5.74, 6) is 1.80. The van der Waals surface area contributed by atoms with Gasteiger partial charge in [0.25, 0.3) is 0 Å². The lowest BCUT2D eigenvalue weighted by Crippen LogP contribution is -1.87. The topological polar surface area (TPSA) is 25.2 Å². The number of nitrogens with one attached hydrogen (secondary N) is 1. The number of benzene rings is 1. The summed E-state index contributed by atoms with van der Waals surface area (Å²) in [6.07, 6.45) is 3.72. The minimum Gasteiger partial charge on any atom is -0.466 e. The molecular formula is C12H11Cl2NOS. The molecule has 0 fully saturated rings. The first-order valence-electron chi connectivity index (χ1n) is 4.97. The molecule has 2 nitrogen and oxygen atoms in total. The Balaban J connectivity index is 2.13. The average molecular weight is 288 g/mol. The zero-order valence-electron chi connectivity index (χ0n) is 9.17. The van der Waals surface area contributed by atoms with Crippen molar-refractivity contribution in [3.63, 3.8) is 0 Å². The van der Waals surface area contributed by atoms with Crippen LogP contribution < -0.4 is 5.32 Å². The molecule has 1 heterocycles. The third-order valence-corrected chi connectivity index (χ3v) is 3.10. The standard InChI is InChI=1S/C12H11Cl2NOS/c1-17-7-12-5-11(6-16-12)15-10-3-8(13)2-9(14)4-10/h2-6,15H,7H2,1H3. The first-order chi connectivity index (χ1) is 8.17. The van der Waals surface area contributed by atoms with Crippen LogP contribution in [0.1, 0.15) is 5.76 Å². The number of anilines is 2. The predicted molar refractivity (Wildman–Crippen MR) is 75.7 cm³/mol. The number of hydrogen-bond acceptors (Lipinski definition) is 3. The van der Waals surface area contributed by atoms with Gasteiger partial charge in [0, 0.05) is 21.8 Å². The quantitative estimate of drug-likeness (QED) is 0.837. The molecule has 0 radical (unpaired) electrons. The molecule has 1 N–H and O–H groups in total. The highest BCUT2D eigenvalue weighted by atomic mass is 35.5. The fourth-order valence-corrected chi connectivity index (χ4v) is 2.42.